The number of benzene rings is 2. The lowest BCUT2D eigenvalue weighted by molar-refractivity contribution is 0.861. The number of alkyl halides is 4. The molecule has 0 saturated carbocycles. The zero-order valence-electron chi connectivity index (χ0n) is 13.9. The number of aryl methyl sites for hydroxylation is 4. The van der Waals surface area contributed by atoms with Crippen LogP contribution < -0.4 is 10.9 Å². The summed E-state index contributed by atoms with van der Waals surface area (Å²) in [7, 11) is 0. The van der Waals surface area contributed by atoms with Gasteiger partial charge >= 0.3 is 6.99 Å². The van der Waals surface area contributed by atoms with Crippen molar-refractivity contribution in [2.75, 3.05) is 0 Å². The minimum Gasteiger partial charge on any atom is -0.322 e. The van der Waals surface area contributed by atoms with E-state index in [4.69, 9.17) is 46.4 Å². The summed E-state index contributed by atoms with van der Waals surface area (Å²) in [5, 5.41) is 0. The first-order valence-electron chi connectivity index (χ1n) is 7.56. The van der Waals surface area contributed by atoms with Crippen LogP contribution in [0.4, 0.5) is 4.32 Å². The molecule has 0 amide bonds. The van der Waals surface area contributed by atoms with Gasteiger partial charge in [0.2, 0.25) is 0 Å². The van der Waals surface area contributed by atoms with Crippen molar-refractivity contribution in [3.8, 4) is 0 Å². The average molecular weight is 406 g/mol. The lowest BCUT2D eigenvalue weighted by Gasteiger charge is -2.21. The van der Waals surface area contributed by atoms with Gasteiger partial charge in [-0.3, -0.25) is 0 Å². The van der Waals surface area contributed by atoms with Gasteiger partial charge in [0.1, 0.15) is 9.67 Å². The number of halogens is 5. The second-order valence-electron chi connectivity index (χ2n) is 6.13. The summed E-state index contributed by atoms with van der Waals surface area (Å²) >= 11 is 24.4. The van der Waals surface area contributed by atoms with Crippen LogP contribution in [-0.4, -0.2) is 6.99 Å². The second-order valence-corrected chi connectivity index (χ2v) is 8.33. The van der Waals surface area contributed by atoms with Crippen LogP contribution >= 0.6 is 46.4 Å². The molecule has 0 aliphatic heterocycles. The van der Waals surface area contributed by atoms with Crippen LogP contribution in [0.1, 0.15) is 43.1 Å². The molecule has 0 aromatic heterocycles. The maximum atomic E-state index is 15.7. The Morgan fingerprint density at radius 1 is 0.708 bits per heavy atom. The van der Waals surface area contributed by atoms with Crippen molar-refractivity contribution in [2.45, 2.75) is 37.4 Å². The van der Waals surface area contributed by atoms with Crippen LogP contribution in [0.25, 0.3) is 0 Å². The molecule has 0 bridgehead atoms. The highest BCUT2D eigenvalue weighted by Crippen LogP contribution is 2.28. The third-order valence-electron chi connectivity index (χ3n) is 4.10. The van der Waals surface area contributed by atoms with E-state index in [1.165, 1.54) is 0 Å². The van der Waals surface area contributed by atoms with E-state index < -0.39 is 16.7 Å². The quantitative estimate of drug-likeness (QED) is 0.435. The maximum absolute atomic E-state index is 15.7. The Morgan fingerprint density at radius 2 is 1.04 bits per heavy atom. The minimum atomic E-state index is -1.41. The van der Waals surface area contributed by atoms with Gasteiger partial charge in [0.05, 0.1) is 0 Å². The summed E-state index contributed by atoms with van der Waals surface area (Å²) in [6.07, 6.45) is 0. The second kappa shape index (κ2) is 7.87. The first-order valence-corrected chi connectivity index (χ1v) is 9.30. The summed E-state index contributed by atoms with van der Waals surface area (Å²) in [5.74, 6) is 0. The van der Waals surface area contributed by atoms with Crippen LogP contribution in [-0.2, 0) is 0 Å². The molecule has 128 valence electrons. The van der Waals surface area contributed by atoms with E-state index in [2.05, 4.69) is 0 Å². The summed E-state index contributed by atoms with van der Waals surface area (Å²) in [6.45, 7) is 6.17. The molecule has 0 saturated heterocycles. The van der Waals surface area contributed by atoms with E-state index in [1.807, 2.05) is 52.0 Å². The largest absolute Gasteiger partial charge is 0.414 e. The monoisotopic (exact) mass is 404 g/mol. The Kier molecular flexibility index (Phi) is 6.53. The summed E-state index contributed by atoms with van der Waals surface area (Å²) in [6, 6.07) is 7.48. The fraction of sp³-hybridized carbons (Fsp3) is 0.333. The normalized spacial score (nSPS) is 11.5. The molecule has 6 heteroatoms. The predicted octanol–water partition coefficient (Wildman–Crippen LogP) is 5.95. The van der Waals surface area contributed by atoms with Crippen molar-refractivity contribution < 1.29 is 4.32 Å². The van der Waals surface area contributed by atoms with Gasteiger partial charge in [-0.25, -0.2) is 0 Å². The Morgan fingerprint density at radius 3 is 1.33 bits per heavy atom. The third kappa shape index (κ3) is 4.04. The number of rotatable bonds is 4. The SMILES string of the molecule is Cc1cc(C)c(B(F)c2c(C)cc(C)cc2C(Cl)Cl)c(C(Cl)Cl)c1. The average Bonchev–Trinajstić information content (AvgIpc) is 2.44. The minimum absolute atomic E-state index is 0.484. The number of hydrogen-bond acceptors (Lipinski definition) is 0. The van der Waals surface area contributed by atoms with E-state index >= 15 is 4.32 Å². The molecule has 0 unspecified atom stereocenters. The van der Waals surface area contributed by atoms with E-state index in [-0.39, 0.29) is 0 Å². The molecule has 2 aromatic carbocycles. The fourth-order valence-electron chi connectivity index (χ4n) is 3.22. The Hall–Kier alpha value is -0.405. The zero-order chi connectivity index (χ0) is 18.2. The molecule has 0 atom stereocenters. The third-order valence-corrected chi connectivity index (χ3v) is 5.04. The van der Waals surface area contributed by atoms with Crippen molar-refractivity contribution >= 4 is 64.3 Å². The molecular weight excluding hydrogens is 388 g/mol. The smallest absolute Gasteiger partial charge is 0.322 e. The molecular formula is C18H18BCl4F. The number of hydrogen-bond donors (Lipinski definition) is 0. The Labute approximate surface area is 163 Å². The lowest BCUT2D eigenvalue weighted by Crippen LogP contribution is -2.45. The molecule has 24 heavy (non-hydrogen) atoms. The molecule has 0 N–H and O–H groups in total. The van der Waals surface area contributed by atoms with E-state index in [0.29, 0.717) is 22.1 Å². The van der Waals surface area contributed by atoms with E-state index in [9.17, 15) is 0 Å². The van der Waals surface area contributed by atoms with Crippen molar-refractivity contribution in [2.24, 2.45) is 0 Å². The molecule has 0 spiro atoms. The highest BCUT2D eigenvalue weighted by Gasteiger charge is 2.31. The summed E-state index contributed by atoms with van der Waals surface area (Å²) in [5.41, 5.74) is 5.70. The van der Waals surface area contributed by atoms with Crippen molar-refractivity contribution in [3.05, 3.63) is 57.6 Å². The van der Waals surface area contributed by atoms with Crippen molar-refractivity contribution in [1.82, 2.24) is 0 Å². The lowest BCUT2D eigenvalue weighted by atomic mass is 9.53. The fourth-order valence-corrected chi connectivity index (χ4v) is 3.94. The summed E-state index contributed by atoms with van der Waals surface area (Å²) < 4.78 is 15.7. The van der Waals surface area contributed by atoms with Gasteiger partial charge in [-0.1, -0.05) is 46.5 Å². The van der Waals surface area contributed by atoms with Crippen molar-refractivity contribution in [1.29, 1.82) is 0 Å². The van der Waals surface area contributed by atoms with Crippen LogP contribution in [0.5, 0.6) is 0 Å². The maximum Gasteiger partial charge on any atom is 0.414 e. The molecule has 0 radical (unpaired) electrons. The molecule has 0 heterocycles. The molecule has 0 nitrogen and oxygen atoms in total. The topological polar surface area (TPSA) is 0 Å². The van der Waals surface area contributed by atoms with Gasteiger partial charge in [0.25, 0.3) is 0 Å². The van der Waals surface area contributed by atoms with Crippen molar-refractivity contribution in [3.63, 3.8) is 0 Å². The molecule has 2 rings (SSSR count). The van der Waals surface area contributed by atoms with Gasteiger partial charge < -0.3 is 4.32 Å². The highest BCUT2D eigenvalue weighted by molar-refractivity contribution is 6.81. The molecule has 0 fully saturated rings. The van der Waals surface area contributed by atoms with Crippen LogP contribution in [0, 0.1) is 27.7 Å². The Bertz CT molecular complexity index is 696. The van der Waals surface area contributed by atoms with Gasteiger partial charge in [-0.15, -0.1) is 46.4 Å². The van der Waals surface area contributed by atoms with E-state index in [0.717, 1.165) is 22.3 Å². The zero-order valence-corrected chi connectivity index (χ0v) is 17.0. The van der Waals surface area contributed by atoms with Gasteiger partial charge in [-0.05, 0) is 49.7 Å². The van der Waals surface area contributed by atoms with Crippen LogP contribution in [0.15, 0.2) is 24.3 Å². The summed E-state index contributed by atoms with van der Waals surface area (Å²) in [4.78, 5) is -1.62. The first kappa shape index (κ1) is 19.9. The van der Waals surface area contributed by atoms with Crippen LogP contribution in [0.2, 0.25) is 0 Å². The van der Waals surface area contributed by atoms with E-state index in [1.54, 1.807) is 0 Å². The molecule has 0 aliphatic rings. The van der Waals surface area contributed by atoms with Gasteiger partial charge in [0, 0.05) is 0 Å². The Balaban J connectivity index is 2.73. The molecule has 2 aromatic rings. The van der Waals surface area contributed by atoms with Crippen LogP contribution in [0.3, 0.4) is 0 Å². The molecule has 0 aliphatic carbocycles. The first-order chi connectivity index (χ1) is 11.1. The standard InChI is InChI=1S/C18H18BCl4F/c1-9-5-11(3)15(13(7-9)17(20)21)19(24)16-12(4)6-10(2)8-14(16)18(22)23/h5-8,17-18H,1-4H3. The van der Waals surface area contributed by atoms with Gasteiger partial charge in [0.15, 0.2) is 0 Å². The highest BCUT2D eigenvalue weighted by atomic mass is 35.5. The van der Waals surface area contributed by atoms with Gasteiger partial charge in [-0.2, -0.15) is 0 Å². The predicted molar refractivity (Wildman–Crippen MR) is 107 cm³/mol.